The number of ether oxygens (including phenoxy) is 2. The lowest BCUT2D eigenvalue weighted by atomic mass is 9.80. The van der Waals surface area contributed by atoms with Crippen molar-refractivity contribution in [1.29, 1.82) is 0 Å². The van der Waals surface area contributed by atoms with Gasteiger partial charge in [-0.3, -0.25) is 0 Å². The van der Waals surface area contributed by atoms with Crippen LogP contribution in [0.3, 0.4) is 0 Å². The molecule has 0 aromatic heterocycles. The monoisotopic (exact) mass is 274 g/mol. The highest BCUT2D eigenvalue weighted by atomic mass is 16.6. The third-order valence-corrected chi connectivity index (χ3v) is 4.56. The fourth-order valence-corrected chi connectivity index (χ4v) is 3.63. The highest BCUT2D eigenvalue weighted by molar-refractivity contribution is 5.50. The Bertz CT molecular complexity index is 511. The molecule has 0 radical (unpaired) electrons. The predicted molar refractivity (Wildman–Crippen MR) is 81.4 cm³/mol. The first kappa shape index (κ1) is 14.1. The van der Waals surface area contributed by atoms with Crippen molar-refractivity contribution in [2.45, 2.75) is 64.6 Å². The second-order valence-corrected chi connectivity index (χ2v) is 7.40. The van der Waals surface area contributed by atoms with Crippen molar-refractivity contribution in [3.63, 3.8) is 0 Å². The molecule has 2 nitrogen and oxygen atoms in total. The molecule has 1 aromatic rings. The molecule has 1 aliphatic carbocycles. The van der Waals surface area contributed by atoms with Gasteiger partial charge in [-0.1, -0.05) is 46.8 Å². The molecule has 0 amide bonds. The number of benzene rings is 1. The molecule has 2 atom stereocenters. The highest BCUT2D eigenvalue weighted by Gasteiger charge is 2.41. The van der Waals surface area contributed by atoms with E-state index in [1.165, 1.54) is 22.3 Å². The Morgan fingerprint density at radius 2 is 1.80 bits per heavy atom. The summed E-state index contributed by atoms with van der Waals surface area (Å²) >= 11 is 0. The molecule has 1 saturated heterocycles. The van der Waals surface area contributed by atoms with Crippen molar-refractivity contribution in [3.8, 4) is 0 Å². The lowest BCUT2D eigenvalue weighted by Crippen LogP contribution is -2.30. The minimum Gasteiger partial charge on any atom is -0.372 e. The maximum Gasteiger partial charge on any atom is 0.110 e. The van der Waals surface area contributed by atoms with Crippen molar-refractivity contribution >= 4 is 0 Å². The van der Waals surface area contributed by atoms with Gasteiger partial charge in [-0.2, -0.15) is 0 Å². The molecule has 0 saturated carbocycles. The molecule has 2 unspecified atom stereocenters. The third kappa shape index (κ3) is 2.19. The van der Waals surface area contributed by atoms with E-state index >= 15 is 0 Å². The summed E-state index contributed by atoms with van der Waals surface area (Å²) in [6.45, 7) is 12.9. The summed E-state index contributed by atoms with van der Waals surface area (Å²) in [6.07, 6.45) is 1.38. The van der Waals surface area contributed by atoms with Crippen LogP contribution < -0.4 is 0 Å². The Morgan fingerprint density at radius 3 is 2.45 bits per heavy atom. The zero-order chi connectivity index (χ0) is 14.5. The molecule has 1 heterocycles. The molecule has 3 rings (SSSR count). The number of hydrogen-bond donors (Lipinski definition) is 0. The van der Waals surface area contributed by atoms with Gasteiger partial charge in [0.05, 0.1) is 19.3 Å². The fourth-order valence-electron chi connectivity index (χ4n) is 3.63. The van der Waals surface area contributed by atoms with Crippen molar-refractivity contribution < 1.29 is 9.47 Å². The van der Waals surface area contributed by atoms with Crippen LogP contribution in [0.15, 0.2) is 12.1 Å². The molecular formula is C18H26O2. The predicted octanol–water partition coefficient (Wildman–Crippen LogP) is 4.12. The SMILES string of the molecule is CC(C)c1ccc(C(C)(C)C)c2c1CC1OCCOC21. The van der Waals surface area contributed by atoms with Gasteiger partial charge >= 0.3 is 0 Å². The Hall–Kier alpha value is -0.860. The van der Waals surface area contributed by atoms with Gasteiger partial charge in [0, 0.05) is 6.42 Å². The Labute approximate surface area is 122 Å². The van der Waals surface area contributed by atoms with Gasteiger partial charge in [0.1, 0.15) is 6.10 Å². The summed E-state index contributed by atoms with van der Waals surface area (Å²) in [5, 5.41) is 0. The van der Waals surface area contributed by atoms with E-state index in [4.69, 9.17) is 9.47 Å². The number of rotatable bonds is 1. The Balaban J connectivity index is 2.17. The molecule has 1 fully saturated rings. The molecule has 110 valence electrons. The average Bonchev–Trinajstić information content (AvgIpc) is 2.75. The van der Waals surface area contributed by atoms with Gasteiger partial charge in [-0.15, -0.1) is 0 Å². The van der Waals surface area contributed by atoms with Crippen molar-refractivity contribution in [2.75, 3.05) is 13.2 Å². The van der Waals surface area contributed by atoms with Crippen LogP contribution >= 0.6 is 0 Å². The number of hydrogen-bond acceptors (Lipinski definition) is 2. The molecule has 2 aliphatic rings. The summed E-state index contributed by atoms with van der Waals surface area (Å²) in [6, 6.07) is 4.63. The van der Waals surface area contributed by atoms with Gasteiger partial charge in [0.2, 0.25) is 0 Å². The van der Waals surface area contributed by atoms with Crippen LogP contribution in [0, 0.1) is 0 Å². The third-order valence-electron chi connectivity index (χ3n) is 4.56. The zero-order valence-corrected chi connectivity index (χ0v) is 13.3. The first-order valence-corrected chi connectivity index (χ1v) is 7.79. The summed E-state index contributed by atoms with van der Waals surface area (Å²) < 4.78 is 12.0. The van der Waals surface area contributed by atoms with Crippen LogP contribution in [0.25, 0.3) is 0 Å². The van der Waals surface area contributed by atoms with Crippen LogP contribution in [-0.4, -0.2) is 19.3 Å². The molecule has 0 bridgehead atoms. The van der Waals surface area contributed by atoms with E-state index in [0.29, 0.717) is 5.92 Å². The van der Waals surface area contributed by atoms with E-state index in [9.17, 15) is 0 Å². The van der Waals surface area contributed by atoms with Gasteiger partial charge in [0.15, 0.2) is 0 Å². The highest BCUT2D eigenvalue weighted by Crippen LogP contribution is 2.45. The second kappa shape index (κ2) is 4.85. The second-order valence-electron chi connectivity index (χ2n) is 7.40. The zero-order valence-electron chi connectivity index (χ0n) is 13.3. The van der Waals surface area contributed by atoms with Gasteiger partial charge in [-0.05, 0) is 33.6 Å². The lowest BCUT2D eigenvalue weighted by molar-refractivity contribution is -0.134. The van der Waals surface area contributed by atoms with E-state index < -0.39 is 0 Å². The smallest absolute Gasteiger partial charge is 0.110 e. The van der Waals surface area contributed by atoms with E-state index in [1.807, 2.05) is 0 Å². The van der Waals surface area contributed by atoms with E-state index in [1.54, 1.807) is 0 Å². The minimum atomic E-state index is 0.145. The Morgan fingerprint density at radius 1 is 1.10 bits per heavy atom. The van der Waals surface area contributed by atoms with Gasteiger partial charge in [-0.25, -0.2) is 0 Å². The van der Waals surface area contributed by atoms with Crippen molar-refractivity contribution in [1.82, 2.24) is 0 Å². The molecule has 0 spiro atoms. The normalized spacial score (nSPS) is 25.7. The molecule has 20 heavy (non-hydrogen) atoms. The number of fused-ring (bicyclic) bond motifs is 3. The molecular weight excluding hydrogens is 248 g/mol. The van der Waals surface area contributed by atoms with Crippen LogP contribution in [0.2, 0.25) is 0 Å². The Kier molecular flexibility index (Phi) is 3.42. The largest absolute Gasteiger partial charge is 0.372 e. The maximum atomic E-state index is 6.07. The van der Waals surface area contributed by atoms with E-state index in [0.717, 1.165) is 19.6 Å². The standard InChI is InChI=1S/C18H26O2/c1-11(2)12-6-7-14(18(3,4)5)16-13(12)10-15-17(16)20-9-8-19-15/h6-7,11,15,17H,8-10H2,1-5H3. The maximum absolute atomic E-state index is 6.07. The van der Waals surface area contributed by atoms with Gasteiger partial charge < -0.3 is 9.47 Å². The van der Waals surface area contributed by atoms with Crippen molar-refractivity contribution in [3.05, 3.63) is 34.4 Å². The molecule has 2 heteroatoms. The summed E-state index contributed by atoms with van der Waals surface area (Å²) in [7, 11) is 0. The van der Waals surface area contributed by atoms with Crippen LogP contribution in [0.1, 0.15) is 68.9 Å². The molecule has 1 aromatic carbocycles. The molecule has 0 N–H and O–H groups in total. The summed E-state index contributed by atoms with van der Waals surface area (Å²) in [5.41, 5.74) is 5.96. The summed E-state index contributed by atoms with van der Waals surface area (Å²) in [4.78, 5) is 0. The van der Waals surface area contributed by atoms with Crippen LogP contribution in [0.4, 0.5) is 0 Å². The topological polar surface area (TPSA) is 18.5 Å². The quantitative estimate of drug-likeness (QED) is 0.767. The fraction of sp³-hybridized carbons (Fsp3) is 0.667. The molecule has 1 aliphatic heterocycles. The summed E-state index contributed by atoms with van der Waals surface area (Å²) in [5.74, 6) is 0.554. The van der Waals surface area contributed by atoms with E-state index in [-0.39, 0.29) is 17.6 Å². The van der Waals surface area contributed by atoms with Crippen LogP contribution in [-0.2, 0) is 21.3 Å². The minimum absolute atomic E-state index is 0.145. The van der Waals surface area contributed by atoms with Gasteiger partial charge in [0.25, 0.3) is 0 Å². The van der Waals surface area contributed by atoms with Crippen molar-refractivity contribution in [2.24, 2.45) is 0 Å². The first-order valence-electron chi connectivity index (χ1n) is 7.79. The lowest BCUT2D eigenvalue weighted by Gasteiger charge is -2.31. The van der Waals surface area contributed by atoms with E-state index in [2.05, 4.69) is 46.8 Å². The van der Waals surface area contributed by atoms with Crippen LogP contribution in [0.5, 0.6) is 0 Å². The first-order chi connectivity index (χ1) is 9.39. The average molecular weight is 274 g/mol.